The molecule has 2 N–H and O–H groups in total. The number of unbranched alkanes of at least 4 members (excludes halogenated alkanes) is 5. The Morgan fingerprint density at radius 2 is 1.68 bits per heavy atom. The van der Waals surface area contributed by atoms with Crippen LogP contribution in [0, 0.1) is 5.92 Å². The van der Waals surface area contributed by atoms with Gasteiger partial charge in [-0.3, -0.25) is 9.36 Å². The van der Waals surface area contributed by atoms with Crippen molar-refractivity contribution in [3.63, 3.8) is 0 Å². The zero-order chi connectivity index (χ0) is 14.7. The molecule has 0 saturated carbocycles. The second kappa shape index (κ2) is 10.4. The van der Waals surface area contributed by atoms with Crippen LogP contribution in [-0.4, -0.2) is 28.5 Å². The van der Waals surface area contributed by atoms with Gasteiger partial charge in [0.15, 0.2) is 0 Å². The number of rotatable bonds is 11. The highest BCUT2D eigenvalue weighted by atomic mass is 31.2. The maximum Gasteiger partial charge on any atom is 0.326 e. The molecule has 0 saturated heterocycles. The quantitative estimate of drug-likeness (QED) is 0.347. The van der Waals surface area contributed by atoms with Crippen molar-refractivity contribution >= 4 is 13.6 Å². The van der Waals surface area contributed by atoms with Crippen LogP contribution in [0.15, 0.2) is 0 Å². The summed E-state index contributed by atoms with van der Waals surface area (Å²) in [5.74, 6) is -1.18. The van der Waals surface area contributed by atoms with Crippen molar-refractivity contribution in [2.24, 2.45) is 5.92 Å². The maximum atomic E-state index is 11.6. The van der Waals surface area contributed by atoms with Gasteiger partial charge < -0.3 is 14.5 Å². The average molecular weight is 294 g/mol. The molecule has 114 valence electrons. The minimum Gasteiger partial charge on any atom is -0.465 e. The predicted molar refractivity (Wildman–Crippen MR) is 75.0 cm³/mol. The Bertz CT molecular complexity index is 287. The molecule has 0 fully saturated rings. The Morgan fingerprint density at radius 1 is 1.11 bits per heavy atom. The fourth-order valence-corrected chi connectivity index (χ4v) is 2.81. The molecule has 0 spiro atoms. The third-order valence-electron chi connectivity index (χ3n) is 3.03. The molecule has 0 amide bonds. The lowest BCUT2D eigenvalue weighted by atomic mass is 10.1. The summed E-state index contributed by atoms with van der Waals surface area (Å²) in [6, 6.07) is 0. The van der Waals surface area contributed by atoms with Gasteiger partial charge in [0.2, 0.25) is 0 Å². The molecule has 0 aliphatic rings. The SMILES string of the molecule is CCCCCCCCOC(=O)C(CC)CP(=O)(O)O. The molecule has 1 unspecified atom stereocenters. The van der Waals surface area contributed by atoms with Crippen LogP contribution in [0.5, 0.6) is 0 Å². The Hall–Kier alpha value is -0.380. The van der Waals surface area contributed by atoms with Crippen LogP contribution >= 0.6 is 7.60 Å². The van der Waals surface area contributed by atoms with Crippen molar-refractivity contribution in [2.45, 2.75) is 58.8 Å². The summed E-state index contributed by atoms with van der Waals surface area (Å²) in [4.78, 5) is 29.3. The van der Waals surface area contributed by atoms with Gasteiger partial charge in [0, 0.05) is 0 Å². The van der Waals surface area contributed by atoms with Gasteiger partial charge in [-0.25, -0.2) is 0 Å². The normalized spacial score (nSPS) is 13.3. The Kier molecular flexibility index (Phi) is 10.2. The molecule has 0 aromatic heterocycles. The minimum absolute atomic E-state index is 0.350. The smallest absolute Gasteiger partial charge is 0.326 e. The van der Waals surface area contributed by atoms with Gasteiger partial charge >= 0.3 is 13.6 Å². The molecule has 0 rings (SSSR count). The molecule has 19 heavy (non-hydrogen) atoms. The van der Waals surface area contributed by atoms with E-state index in [9.17, 15) is 9.36 Å². The molecule has 6 heteroatoms. The highest BCUT2D eigenvalue weighted by molar-refractivity contribution is 7.51. The monoisotopic (exact) mass is 294 g/mol. The van der Waals surface area contributed by atoms with E-state index < -0.39 is 25.6 Å². The molecular formula is C13H27O5P. The van der Waals surface area contributed by atoms with Gasteiger partial charge in [-0.15, -0.1) is 0 Å². The Morgan fingerprint density at radius 3 is 2.21 bits per heavy atom. The standard InChI is InChI=1S/C13H27O5P/c1-3-5-6-7-8-9-10-18-13(14)12(4-2)11-19(15,16)17/h12H,3-11H2,1-2H3,(H2,15,16,17). The van der Waals surface area contributed by atoms with Crippen LogP contribution in [0.3, 0.4) is 0 Å². The first-order chi connectivity index (χ1) is 8.90. The van der Waals surface area contributed by atoms with Crippen molar-refractivity contribution in [1.82, 2.24) is 0 Å². The lowest BCUT2D eigenvalue weighted by molar-refractivity contribution is -0.148. The van der Waals surface area contributed by atoms with E-state index in [-0.39, 0.29) is 0 Å². The number of hydrogen-bond acceptors (Lipinski definition) is 3. The van der Waals surface area contributed by atoms with Gasteiger partial charge in [-0.05, 0) is 12.8 Å². The lowest BCUT2D eigenvalue weighted by Crippen LogP contribution is -2.21. The summed E-state index contributed by atoms with van der Waals surface area (Å²) in [6.07, 6.45) is 6.62. The molecule has 0 aromatic rings. The summed E-state index contributed by atoms with van der Waals surface area (Å²) >= 11 is 0. The third kappa shape index (κ3) is 11.2. The maximum absolute atomic E-state index is 11.6. The van der Waals surface area contributed by atoms with Crippen LogP contribution < -0.4 is 0 Å². The number of carbonyl (C=O) groups is 1. The third-order valence-corrected chi connectivity index (χ3v) is 3.94. The molecule has 0 aliphatic heterocycles. The van der Waals surface area contributed by atoms with E-state index in [0.717, 1.165) is 19.3 Å². The van der Waals surface area contributed by atoms with Crippen LogP contribution in [-0.2, 0) is 14.1 Å². The first-order valence-electron chi connectivity index (χ1n) is 7.12. The van der Waals surface area contributed by atoms with Gasteiger partial charge in [-0.1, -0.05) is 46.0 Å². The summed E-state index contributed by atoms with van der Waals surface area (Å²) < 4.78 is 15.9. The van der Waals surface area contributed by atoms with Gasteiger partial charge in [0.05, 0.1) is 18.7 Å². The molecule has 0 heterocycles. The van der Waals surface area contributed by atoms with E-state index in [4.69, 9.17) is 14.5 Å². The van der Waals surface area contributed by atoms with Crippen LogP contribution in [0.25, 0.3) is 0 Å². The van der Waals surface area contributed by atoms with Gasteiger partial charge in [0.25, 0.3) is 0 Å². The fourth-order valence-electron chi connectivity index (χ4n) is 1.83. The largest absolute Gasteiger partial charge is 0.465 e. The zero-order valence-corrected chi connectivity index (χ0v) is 12.9. The number of hydrogen-bond donors (Lipinski definition) is 2. The number of esters is 1. The van der Waals surface area contributed by atoms with E-state index in [1.165, 1.54) is 19.3 Å². The first kappa shape index (κ1) is 18.6. The first-order valence-corrected chi connectivity index (χ1v) is 8.91. The molecule has 0 aromatic carbocycles. The van der Waals surface area contributed by atoms with E-state index in [2.05, 4.69) is 6.92 Å². The zero-order valence-electron chi connectivity index (χ0n) is 12.0. The van der Waals surface area contributed by atoms with Crippen LogP contribution in [0.1, 0.15) is 58.8 Å². The summed E-state index contributed by atoms with van der Waals surface area (Å²) in [5, 5.41) is 0. The van der Waals surface area contributed by atoms with Crippen molar-refractivity contribution in [3.05, 3.63) is 0 Å². The van der Waals surface area contributed by atoms with Crippen molar-refractivity contribution in [2.75, 3.05) is 12.8 Å². The van der Waals surface area contributed by atoms with Crippen molar-refractivity contribution in [3.8, 4) is 0 Å². The second-order valence-corrected chi connectivity index (χ2v) is 6.58. The average Bonchev–Trinajstić information content (AvgIpc) is 2.33. The fraction of sp³-hybridized carbons (Fsp3) is 0.923. The highest BCUT2D eigenvalue weighted by Gasteiger charge is 2.26. The van der Waals surface area contributed by atoms with Gasteiger partial charge in [-0.2, -0.15) is 0 Å². The summed E-state index contributed by atoms with van der Waals surface area (Å²) in [7, 11) is -4.15. The predicted octanol–water partition coefficient (Wildman–Crippen LogP) is 3.09. The topological polar surface area (TPSA) is 83.8 Å². The Labute approximate surface area is 115 Å². The molecule has 1 atom stereocenters. The second-order valence-electron chi connectivity index (χ2n) is 4.89. The molecule has 0 radical (unpaired) electrons. The van der Waals surface area contributed by atoms with Crippen LogP contribution in [0.2, 0.25) is 0 Å². The van der Waals surface area contributed by atoms with Gasteiger partial charge in [0.1, 0.15) is 0 Å². The van der Waals surface area contributed by atoms with Crippen molar-refractivity contribution in [1.29, 1.82) is 0 Å². The molecule has 0 bridgehead atoms. The molecular weight excluding hydrogens is 267 g/mol. The summed E-state index contributed by atoms with van der Waals surface area (Å²) in [5.41, 5.74) is 0. The summed E-state index contributed by atoms with van der Waals surface area (Å²) in [6.45, 7) is 4.24. The van der Waals surface area contributed by atoms with E-state index in [1.807, 2.05) is 0 Å². The molecule has 0 aliphatic carbocycles. The highest BCUT2D eigenvalue weighted by Crippen LogP contribution is 2.38. The Balaban J connectivity index is 3.74. The minimum atomic E-state index is -4.15. The van der Waals surface area contributed by atoms with E-state index in [1.54, 1.807) is 6.92 Å². The van der Waals surface area contributed by atoms with E-state index >= 15 is 0 Å². The van der Waals surface area contributed by atoms with Crippen molar-refractivity contribution < 1.29 is 23.9 Å². The number of ether oxygens (including phenoxy) is 1. The van der Waals surface area contributed by atoms with E-state index in [0.29, 0.717) is 13.0 Å². The van der Waals surface area contributed by atoms with Crippen LogP contribution in [0.4, 0.5) is 0 Å². The lowest BCUT2D eigenvalue weighted by Gasteiger charge is -2.14. The molecule has 5 nitrogen and oxygen atoms in total. The number of carbonyl (C=O) groups excluding carboxylic acids is 1.